The van der Waals surface area contributed by atoms with Crippen LogP contribution in [0.1, 0.15) is 246 Å². The van der Waals surface area contributed by atoms with Gasteiger partial charge in [-0.05, 0) is 315 Å². The number of rotatable bonds is 16. The molecule has 0 radical (unpaired) electrons. The zero-order valence-corrected chi connectivity index (χ0v) is 60.2. The van der Waals surface area contributed by atoms with E-state index >= 15 is 0 Å². The number of hydrogen-bond donors (Lipinski definition) is 0. The van der Waals surface area contributed by atoms with Crippen LogP contribution in [0.2, 0.25) is 0 Å². The Morgan fingerprint density at radius 2 is 0.739 bits per heavy atom. The van der Waals surface area contributed by atoms with E-state index in [4.69, 9.17) is 42.6 Å². The molecule has 16 nitrogen and oxygen atoms in total. The van der Waals surface area contributed by atoms with Crippen molar-refractivity contribution in [2.75, 3.05) is 47.3 Å². The van der Waals surface area contributed by atoms with Crippen LogP contribution < -0.4 is 0 Å². The quantitative estimate of drug-likeness (QED) is 0.0801. The molecule has 0 saturated heterocycles. The van der Waals surface area contributed by atoms with Crippen LogP contribution in [0.4, 0.5) is 0 Å². The Labute approximate surface area is 552 Å². The summed E-state index contributed by atoms with van der Waals surface area (Å²) < 4.78 is 48.9. The summed E-state index contributed by atoms with van der Waals surface area (Å²) in [6.45, 7) is 32.4. The molecule has 0 heterocycles. The van der Waals surface area contributed by atoms with Crippen molar-refractivity contribution >= 4 is 41.8 Å². The Bertz CT molecular complexity index is 2570. The van der Waals surface area contributed by atoms with Gasteiger partial charge in [-0.25, -0.2) is 4.79 Å². The van der Waals surface area contributed by atoms with Crippen LogP contribution >= 0.6 is 0 Å². The molecule has 0 spiro atoms. The third kappa shape index (κ3) is 16.1. The first-order valence-corrected chi connectivity index (χ1v) is 36.0. The van der Waals surface area contributed by atoms with Gasteiger partial charge in [0.25, 0.3) is 0 Å². The molecule has 0 aromatic heterocycles. The lowest BCUT2D eigenvalue weighted by Gasteiger charge is -2.60. The molecule has 16 aliphatic rings. The molecule has 16 aliphatic carbocycles. The summed E-state index contributed by atoms with van der Waals surface area (Å²) in [5, 5.41) is 0. The fraction of sp³-hybridized carbons (Fsp3) is 0.908. The van der Waals surface area contributed by atoms with Crippen LogP contribution in [0.5, 0.6) is 0 Å². The van der Waals surface area contributed by atoms with Gasteiger partial charge in [-0.15, -0.1) is 0 Å². The topological polar surface area (TPSA) is 203 Å². The normalized spacial score (nSPS) is 39.2. The molecule has 0 aromatic carbocycles. The highest BCUT2D eigenvalue weighted by atomic mass is 16.7. The number of hydrogen-bond acceptors (Lipinski definition) is 16. The van der Waals surface area contributed by atoms with Crippen molar-refractivity contribution in [1.82, 2.24) is 0 Å². The zero-order chi connectivity index (χ0) is 67.5. The molecule has 16 fully saturated rings. The second-order valence-corrected chi connectivity index (χ2v) is 37.2. The number of esters is 7. The summed E-state index contributed by atoms with van der Waals surface area (Å²) in [6, 6.07) is 0. The van der Waals surface area contributed by atoms with E-state index in [1.807, 2.05) is 62.3 Å². The first kappa shape index (κ1) is 72.5. The molecule has 92 heavy (non-hydrogen) atoms. The fourth-order valence-corrected chi connectivity index (χ4v) is 21.0. The van der Waals surface area contributed by atoms with Gasteiger partial charge < -0.3 is 42.6 Å². The van der Waals surface area contributed by atoms with Gasteiger partial charge in [-0.2, -0.15) is 0 Å². The molecular formula is C76H122O16. The van der Waals surface area contributed by atoms with E-state index in [-0.39, 0.29) is 69.5 Å². The predicted molar refractivity (Wildman–Crippen MR) is 347 cm³/mol. The Morgan fingerprint density at radius 3 is 1.14 bits per heavy atom. The van der Waals surface area contributed by atoms with E-state index in [1.165, 1.54) is 70.6 Å². The molecule has 16 heteroatoms. The van der Waals surface area contributed by atoms with Gasteiger partial charge in [-0.1, -0.05) is 13.8 Å². The van der Waals surface area contributed by atoms with Crippen LogP contribution in [0.3, 0.4) is 0 Å². The van der Waals surface area contributed by atoms with Crippen molar-refractivity contribution in [3.05, 3.63) is 0 Å². The van der Waals surface area contributed by atoms with Crippen molar-refractivity contribution in [3.8, 4) is 0 Å². The first-order chi connectivity index (χ1) is 42.7. The lowest BCUT2D eigenvalue weighted by atomic mass is 9.44. The maximum atomic E-state index is 12.9. The van der Waals surface area contributed by atoms with Gasteiger partial charge in [0.05, 0.1) is 58.9 Å². The Kier molecular flexibility index (Phi) is 21.5. The van der Waals surface area contributed by atoms with E-state index in [0.29, 0.717) is 73.8 Å². The molecule has 522 valence electrons. The Balaban J connectivity index is 0.000000146. The van der Waals surface area contributed by atoms with E-state index in [1.54, 1.807) is 48.8 Å². The Morgan fingerprint density at radius 1 is 0.391 bits per heavy atom. The van der Waals surface area contributed by atoms with Gasteiger partial charge in [0.1, 0.15) is 0 Å². The lowest BCUT2D eigenvalue weighted by molar-refractivity contribution is -0.207. The highest BCUT2D eigenvalue weighted by molar-refractivity contribution is 5.80. The predicted octanol–water partition coefficient (Wildman–Crippen LogP) is 14.9. The van der Waals surface area contributed by atoms with E-state index in [0.717, 1.165) is 99.7 Å². The SMILES string of the molecule is CC(C)(C)C(=O)OCC(=O)OCC1(C)C2CC3CC(C2)CC1C3.CC(C)(C)C(=O)OCC1(C)C2CC3CC(C2)CC1C3.COC(C)OC(=O)C12CC3CC(C1)C(COC(=O)C(C)(C)C)C(C3)C2.COC(C)OC(=O)C12CC3CC(CC(COC(=O)C(C)(C)C)(C3)C1)C2. The van der Waals surface area contributed by atoms with Crippen LogP contribution in [-0.2, 0) is 76.2 Å². The highest BCUT2D eigenvalue weighted by Gasteiger charge is 2.63. The lowest BCUT2D eigenvalue weighted by Crippen LogP contribution is -2.57. The number of methoxy groups -OCH3 is 2. The summed E-state index contributed by atoms with van der Waals surface area (Å²) in [4.78, 5) is 85.7. The van der Waals surface area contributed by atoms with E-state index in [9.17, 15) is 33.6 Å². The van der Waals surface area contributed by atoms with Crippen molar-refractivity contribution in [2.24, 2.45) is 132 Å². The molecule has 6 atom stereocenters. The van der Waals surface area contributed by atoms with Gasteiger partial charge in [0.2, 0.25) is 0 Å². The first-order valence-electron chi connectivity index (χ1n) is 36.0. The zero-order valence-electron chi connectivity index (χ0n) is 60.2. The van der Waals surface area contributed by atoms with Crippen LogP contribution in [0.25, 0.3) is 0 Å². The molecule has 16 saturated carbocycles. The average molecular weight is 1290 g/mol. The van der Waals surface area contributed by atoms with Crippen LogP contribution in [0, 0.1) is 132 Å². The van der Waals surface area contributed by atoms with Crippen molar-refractivity contribution in [2.45, 2.75) is 258 Å². The number of carbonyl (C=O) groups excluding carboxylic acids is 7. The monoisotopic (exact) mass is 1290 g/mol. The standard InChI is InChI=1S/2C20H32O5.C19H30O4.C17H28O2/c1-13(23-5)25-17(22)20-9-14-6-15(10-20)8-19(7-14,11-20)12-24-16(21)18(2,3)4;1-12(23-5)25-18(22)20-8-13-6-14(9-20)16(15(7-13)10-20)11-24-17(21)19(2,3)4;1-18(2,3)17(21)22-10-16(20)23-11-19(4)14-6-12-5-13(8-14)9-15(19)7-12;1-16(2,3)15(18)19-10-17(4)13-6-11-5-12(8-13)9-14(17)7-11/h13-15H,6-12H2,1-5H3;12-16H,6-11H2,1-5H3;12-15H,5-11H2,1-4H3;11-14H,5-10H2,1-4H3. The third-order valence-corrected chi connectivity index (χ3v) is 25.5. The molecule has 0 aromatic rings. The minimum absolute atomic E-state index is 0.0393. The number of ether oxygens (including phenoxy) is 9. The summed E-state index contributed by atoms with van der Waals surface area (Å²) in [7, 11) is 3.10. The maximum absolute atomic E-state index is 12.9. The molecule has 0 N–H and O–H groups in total. The molecule has 6 unspecified atom stereocenters. The minimum atomic E-state index is -0.590. The van der Waals surface area contributed by atoms with E-state index in [2.05, 4.69) is 13.8 Å². The largest absolute Gasteiger partial charge is 0.465 e. The smallest absolute Gasteiger partial charge is 0.344 e. The maximum Gasteiger partial charge on any atom is 0.344 e. The molecule has 16 bridgehead atoms. The minimum Gasteiger partial charge on any atom is -0.465 e. The molecule has 0 aliphatic heterocycles. The summed E-state index contributed by atoms with van der Waals surface area (Å²) >= 11 is 0. The van der Waals surface area contributed by atoms with Gasteiger partial charge in [-0.3, -0.25) is 28.8 Å². The number of carbonyl (C=O) groups is 7. The average Bonchev–Trinajstić information content (AvgIpc) is 0.739. The van der Waals surface area contributed by atoms with E-state index < -0.39 is 40.2 Å². The van der Waals surface area contributed by atoms with Gasteiger partial charge >= 0.3 is 41.8 Å². The van der Waals surface area contributed by atoms with Gasteiger partial charge in [0, 0.05) is 30.5 Å². The van der Waals surface area contributed by atoms with Crippen molar-refractivity contribution in [3.63, 3.8) is 0 Å². The van der Waals surface area contributed by atoms with Crippen molar-refractivity contribution in [1.29, 1.82) is 0 Å². The molecule has 16 rings (SSSR count). The third-order valence-electron chi connectivity index (χ3n) is 25.5. The summed E-state index contributed by atoms with van der Waals surface area (Å²) in [5.74, 6) is 8.46. The van der Waals surface area contributed by atoms with Crippen LogP contribution in [-0.4, -0.2) is 102 Å². The summed E-state index contributed by atoms with van der Waals surface area (Å²) in [6.07, 6.45) is 23.6. The van der Waals surface area contributed by atoms with Crippen molar-refractivity contribution < 1.29 is 76.2 Å². The molecular weight excluding hydrogens is 1170 g/mol. The summed E-state index contributed by atoms with van der Waals surface area (Å²) in [5.41, 5.74) is -2.35. The second kappa shape index (κ2) is 27.3. The second-order valence-electron chi connectivity index (χ2n) is 37.2. The molecule has 0 amide bonds. The van der Waals surface area contributed by atoms with Gasteiger partial charge in [0.15, 0.2) is 19.2 Å². The highest BCUT2D eigenvalue weighted by Crippen LogP contribution is 2.67. The Hall–Kier alpha value is -3.79. The fourth-order valence-electron chi connectivity index (χ4n) is 21.0. The van der Waals surface area contributed by atoms with Crippen LogP contribution in [0.15, 0.2) is 0 Å².